The van der Waals surface area contributed by atoms with E-state index in [2.05, 4.69) is 16.0 Å². The summed E-state index contributed by atoms with van der Waals surface area (Å²) < 4.78 is 35.9. The second-order valence-corrected chi connectivity index (χ2v) is 15.2. The van der Waals surface area contributed by atoms with Crippen molar-refractivity contribution in [1.29, 1.82) is 0 Å². The Balaban J connectivity index is 1.39. The van der Waals surface area contributed by atoms with Crippen LogP contribution in [-0.4, -0.2) is 84.3 Å². The Labute approximate surface area is 352 Å². The number of carboxylic acids is 3. The number of amides is 3. The molecular weight excluding hydrogens is 825 g/mol. The summed E-state index contributed by atoms with van der Waals surface area (Å²) in [6.45, 7) is 4.86. The lowest BCUT2D eigenvalue weighted by Crippen LogP contribution is -2.41. The zero-order chi connectivity index (χ0) is 45.0. The van der Waals surface area contributed by atoms with Gasteiger partial charge in [-0.2, -0.15) is 13.5 Å². The zero-order valence-electron chi connectivity index (χ0n) is 32.9. The van der Waals surface area contributed by atoms with Crippen LogP contribution in [0.4, 0.5) is 0 Å². The molecule has 0 spiro atoms. The van der Waals surface area contributed by atoms with Crippen LogP contribution in [0.5, 0.6) is 0 Å². The number of hydrazine groups is 1. The predicted octanol–water partition coefficient (Wildman–Crippen LogP) is 5.29. The SMILES string of the molecule is Cc1ccc(C)n1-c1cc(C(=O)N(Cc2ccc(C)n2-c2cc(C(=O)NNC(=O)c3cccc(C(=O)O)c3)ccc2C(=O)O)/N=C/c2ccc(S(=O)(=O)O)cc2)ccc1C(=O)O. The third-order valence-electron chi connectivity index (χ3n) is 9.61. The molecule has 6 N–H and O–H groups in total. The first-order valence-corrected chi connectivity index (χ1v) is 19.7. The number of carbonyl (C=O) groups excluding carboxylic acids is 3. The predicted molar refractivity (Wildman–Crippen MR) is 222 cm³/mol. The molecule has 0 aliphatic carbocycles. The van der Waals surface area contributed by atoms with Gasteiger partial charge in [0.25, 0.3) is 27.8 Å². The van der Waals surface area contributed by atoms with Crippen LogP contribution >= 0.6 is 0 Å². The van der Waals surface area contributed by atoms with E-state index < -0.39 is 45.7 Å². The number of benzene rings is 4. The molecule has 62 heavy (non-hydrogen) atoms. The second kappa shape index (κ2) is 17.6. The fourth-order valence-corrected chi connectivity index (χ4v) is 7.04. The molecule has 0 saturated carbocycles. The molecule has 2 heterocycles. The lowest BCUT2D eigenvalue weighted by molar-refractivity contribution is 0.0685. The van der Waals surface area contributed by atoms with Crippen LogP contribution in [0.25, 0.3) is 11.4 Å². The minimum atomic E-state index is -4.51. The number of hydrazone groups is 1. The van der Waals surface area contributed by atoms with Crippen LogP contribution < -0.4 is 10.9 Å². The van der Waals surface area contributed by atoms with E-state index >= 15 is 0 Å². The maximum absolute atomic E-state index is 14.5. The van der Waals surface area contributed by atoms with Gasteiger partial charge in [-0.1, -0.05) is 18.2 Å². The summed E-state index contributed by atoms with van der Waals surface area (Å²) in [5, 5.41) is 35.0. The molecule has 0 aliphatic rings. The van der Waals surface area contributed by atoms with Gasteiger partial charge in [-0.15, -0.1) is 0 Å². The van der Waals surface area contributed by atoms with Gasteiger partial charge in [0.2, 0.25) is 0 Å². The van der Waals surface area contributed by atoms with Crippen molar-refractivity contribution in [1.82, 2.24) is 25.0 Å². The molecule has 6 aromatic rings. The molecule has 2 aromatic heterocycles. The normalized spacial score (nSPS) is 11.3. The summed E-state index contributed by atoms with van der Waals surface area (Å²) in [4.78, 5) is 76.5. The van der Waals surface area contributed by atoms with E-state index in [0.29, 0.717) is 28.3 Å². The summed E-state index contributed by atoms with van der Waals surface area (Å²) in [7, 11) is -4.51. The first-order chi connectivity index (χ1) is 29.3. The highest BCUT2D eigenvalue weighted by Gasteiger charge is 2.25. The summed E-state index contributed by atoms with van der Waals surface area (Å²) in [5.74, 6) is -6.26. The van der Waals surface area contributed by atoms with E-state index in [-0.39, 0.29) is 56.2 Å². The van der Waals surface area contributed by atoms with Crippen molar-refractivity contribution in [2.75, 3.05) is 0 Å². The van der Waals surface area contributed by atoms with Crippen molar-refractivity contribution < 1.29 is 57.1 Å². The minimum Gasteiger partial charge on any atom is -0.478 e. The topological polar surface area (TPSA) is 267 Å². The van der Waals surface area contributed by atoms with Crippen molar-refractivity contribution in [3.8, 4) is 11.4 Å². The number of aromatic carboxylic acids is 3. The van der Waals surface area contributed by atoms with Crippen LogP contribution in [0.2, 0.25) is 0 Å². The summed E-state index contributed by atoms with van der Waals surface area (Å²) in [5.41, 5.74) is 6.51. The molecule has 18 nitrogen and oxygen atoms in total. The van der Waals surface area contributed by atoms with Gasteiger partial charge >= 0.3 is 17.9 Å². The molecule has 3 amide bonds. The van der Waals surface area contributed by atoms with E-state index in [9.17, 15) is 57.1 Å². The Morgan fingerprint density at radius 3 is 1.68 bits per heavy atom. The average molecular weight is 861 g/mol. The van der Waals surface area contributed by atoms with Crippen LogP contribution in [0.15, 0.2) is 119 Å². The van der Waals surface area contributed by atoms with Crippen molar-refractivity contribution >= 4 is 52.0 Å². The van der Waals surface area contributed by atoms with Gasteiger partial charge in [0, 0.05) is 39.5 Å². The van der Waals surface area contributed by atoms with Crippen LogP contribution in [-0.2, 0) is 16.7 Å². The Hall–Kier alpha value is -8.16. The highest BCUT2D eigenvalue weighted by molar-refractivity contribution is 7.85. The number of carbonyl (C=O) groups is 6. The third-order valence-corrected chi connectivity index (χ3v) is 10.5. The minimum absolute atomic E-state index is 0.00743. The van der Waals surface area contributed by atoms with Crippen molar-refractivity contribution in [3.63, 3.8) is 0 Å². The number of hydrogen-bond acceptors (Lipinski definition) is 9. The molecule has 0 bridgehead atoms. The molecule has 0 saturated heterocycles. The Kier molecular flexibility index (Phi) is 12.3. The van der Waals surface area contributed by atoms with Gasteiger partial charge in [-0.3, -0.25) is 29.8 Å². The van der Waals surface area contributed by atoms with Gasteiger partial charge in [-0.25, -0.2) is 19.4 Å². The zero-order valence-corrected chi connectivity index (χ0v) is 33.7. The van der Waals surface area contributed by atoms with Crippen molar-refractivity contribution in [2.45, 2.75) is 32.2 Å². The molecule has 0 radical (unpaired) electrons. The Morgan fingerprint density at radius 1 is 0.613 bits per heavy atom. The average Bonchev–Trinajstić information content (AvgIpc) is 3.78. The lowest BCUT2D eigenvalue weighted by atomic mass is 10.1. The highest BCUT2D eigenvalue weighted by atomic mass is 32.2. The first kappa shape index (κ1) is 43.4. The summed E-state index contributed by atoms with van der Waals surface area (Å²) in [6.07, 6.45) is 1.25. The monoisotopic (exact) mass is 860 g/mol. The highest BCUT2D eigenvalue weighted by Crippen LogP contribution is 2.27. The lowest BCUT2D eigenvalue weighted by Gasteiger charge is -2.21. The molecule has 6 rings (SSSR count). The third kappa shape index (κ3) is 9.33. The van der Waals surface area contributed by atoms with Crippen LogP contribution in [0.1, 0.15) is 90.5 Å². The van der Waals surface area contributed by atoms with Crippen molar-refractivity contribution in [3.05, 3.63) is 171 Å². The van der Waals surface area contributed by atoms with Gasteiger partial charge in [-0.05, 0) is 117 Å². The molecule has 19 heteroatoms. The van der Waals surface area contributed by atoms with E-state index in [1.54, 1.807) is 49.6 Å². The van der Waals surface area contributed by atoms with E-state index in [1.165, 1.54) is 77.5 Å². The molecule has 0 fully saturated rings. The van der Waals surface area contributed by atoms with E-state index in [4.69, 9.17) is 0 Å². The van der Waals surface area contributed by atoms with E-state index in [1.807, 2.05) is 0 Å². The number of aromatic nitrogens is 2. The van der Waals surface area contributed by atoms with Gasteiger partial charge < -0.3 is 24.5 Å². The fraction of sp³-hybridized carbons (Fsp3) is 0.0930. The Bertz CT molecular complexity index is 2930. The number of aryl methyl sites for hydroxylation is 3. The van der Waals surface area contributed by atoms with Crippen LogP contribution in [0, 0.1) is 20.8 Å². The standard InChI is InChI=1S/C43H36N6O12S/c1-24-7-8-25(2)48(24)36-21-30(13-18-34(36)42(55)56)40(52)47(44-22-27-10-15-33(16-11-27)62(59,60)61)23-32-14-9-26(3)49(32)37-20-29(12-17-35(37)43(57)58)39(51)46-45-38(50)28-5-4-6-31(19-28)41(53)54/h4-22H,23H2,1-3H3,(H,45,50)(H,46,51)(H,53,54)(H,55,56)(H,57,58)(H,59,60,61)/b44-22+. The van der Waals surface area contributed by atoms with Gasteiger partial charge in [0.05, 0.1) is 45.7 Å². The number of nitrogens with one attached hydrogen (secondary N) is 2. The quantitative estimate of drug-likeness (QED) is 0.0492. The maximum atomic E-state index is 14.5. The van der Waals surface area contributed by atoms with Crippen molar-refractivity contribution in [2.24, 2.45) is 5.10 Å². The number of rotatable bonds is 13. The van der Waals surface area contributed by atoms with Gasteiger partial charge in [0.1, 0.15) is 0 Å². The number of hydrogen-bond donors (Lipinski definition) is 6. The number of carboxylic acid groups (broad SMARTS) is 3. The second-order valence-electron chi connectivity index (χ2n) is 13.8. The van der Waals surface area contributed by atoms with Gasteiger partial charge in [0.15, 0.2) is 0 Å². The Morgan fingerprint density at radius 2 is 1.11 bits per heavy atom. The molecular formula is C43H36N6O12S. The molecule has 0 atom stereocenters. The first-order valence-electron chi connectivity index (χ1n) is 18.3. The smallest absolute Gasteiger partial charge is 0.337 e. The molecule has 4 aromatic carbocycles. The summed E-state index contributed by atoms with van der Waals surface area (Å²) >= 11 is 0. The fourth-order valence-electron chi connectivity index (χ4n) is 6.56. The maximum Gasteiger partial charge on any atom is 0.337 e. The molecule has 316 valence electrons. The summed E-state index contributed by atoms with van der Waals surface area (Å²) in [6, 6.07) is 24.5. The number of nitrogens with zero attached hydrogens (tertiary/aromatic N) is 4. The van der Waals surface area contributed by atoms with Crippen LogP contribution in [0.3, 0.4) is 0 Å². The van der Waals surface area contributed by atoms with E-state index in [0.717, 1.165) is 23.2 Å². The molecule has 0 unspecified atom stereocenters. The molecule has 0 aliphatic heterocycles. The largest absolute Gasteiger partial charge is 0.478 e.